The number of Topliss-reactive ketones (excluding diaryl/α,β-unsaturated/α-hetero) is 2. The number of hydrogen-bond acceptors (Lipinski definition) is 6. The number of carbonyl (C=O) groups excluding carboxylic acids is 4. The van der Waals surface area contributed by atoms with Crippen LogP contribution in [0.5, 0.6) is 23.0 Å². The number of benzene rings is 6. The number of hydrogen-bond donors (Lipinski definition) is 0. The van der Waals surface area contributed by atoms with Crippen molar-refractivity contribution in [2.75, 3.05) is 0 Å². The van der Waals surface area contributed by atoms with Crippen LogP contribution in [-0.4, -0.2) is 23.1 Å². The monoisotopic (exact) mass is 674 g/mol. The third kappa shape index (κ3) is 9.83. The zero-order valence-electron chi connectivity index (χ0n) is 29.0. The van der Waals surface area contributed by atoms with Crippen molar-refractivity contribution in [1.82, 2.24) is 0 Å². The number of ketones is 4. The van der Waals surface area contributed by atoms with Gasteiger partial charge in [0.2, 0.25) is 0 Å². The Balaban J connectivity index is 0.000000198. The quantitative estimate of drug-likeness (QED) is 0.127. The highest BCUT2D eigenvalue weighted by atomic mass is 16.5. The molecule has 0 spiro atoms. The molecule has 0 saturated carbocycles. The van der Waals surface area contributed by atoms with Crippen LogP contribution < -0.4 is 9.47 Å². The van der Waals surface area contributed by atoms with Crippen LogP contribution >= 0.6 is 0 Å². The third-order valence-electron chi connectivity index (χ3n) is 8.07. The molecular formula is C45H38O6. The van der Waals surface area contributed by atoms with Gasteiger partial charge in [0.15, 0.2) is 23.1 Å². The second-order valence-electron chi connectivity index (χ2n) is 12.0. The fourth-order valence-corrected chi connectivity index (χ4v) is 5.06. The van der Waals surface area contributed by atoms with Gasteiger partial charge in [-0.05, 0) is 99.6 Å². The first-order valence-electron chi connectivity index (χ1n) is 16.6. The Kier molecular flexibility index (Phi) is 11.8. The number of carbonyl (C=O) groups is 4. The van der Waals surface area contributed by atoms with E-state index in [1.165, 1.54) is 18.1 Å². The van der Waals surface area contributed by atoms with Crippen molar-refractivity contribution >= 4 is 23.1 Å². The minimum absolute atomic E-state index is 0.0170. The van der Waals surface area contributed by atoms with Crippen molar-refractivity contribution in [3.8, 4) is 23.0 Å². The Hall–Kier alpha value is -6.40. The molecule has 0 aromatic heterocycles. The van der Waals surface area contributed by atoms with Crippen LogP contribution in [0.15, 0.2) is 146 Å². The van der Waals surface area contributed by atoms with Crippen LogP contribution in [0.25, 0.3) is 0 Å². The second kappa shape index (κ2) is 16.8. The second-order valence-corrected chi connectivity index (χ2v) is 12.0. The summed E-state index contributed by atoms with van der Waals surface area (Å²) >= 11 is 0. The lowest BCUT2D eigenvalue weighted by Crippen LogP contribution is -2.04. The Labute approximate surface area is 298 Å². The average Bonchev–Trinajstić information content (AvgIpc) is 3.16. The molecule has 0 radical (unpaired) electrons. The molecule has 6 heteroatoms. The Bertz CT molecular complexity index is 2130. The summed E-state index contributed by atoms with van der Waals surface area (Å²) in [7, 11) is 0. The van der Waals surface area contributed by atoms with Crippen LogP contribution in [0.1, 0.15) is 84.0 Å². The van der Waals surface area contributed by atoms with Gasteiger partial charge in [0.25, 0.3) is 0 Å². The van der Waals surface area contributed by atoms with Gasteiger partial charge in [-0.25, -0.2) is 0 Å². The molecule has 0 amide bonds. The van der Waals surface area contributed by atoms with Gasteiger partial charge in [-0.3, -0.25) is 19.2 Å². The molecule has 0 saturated heterocycles. The summed E-state index contributed by atoms with van der Waals surface area (Å²) in [5.74, 6) is 2.66. The highest BCUT2D eigenvalue weighted by Gasteiger charge is 2.13. The summed E-state index contributed by atoms with van der Waals surface area (Å²) < 4.78 is 11.6. The normalized spacial score (nSPS) is 10.4. The highest BCUT2D eigenvalue weighted by Crippen LogP contribution is 2.24. The van der Waals surface area contributed by atoms with Gasteiger partial charge in [-0.15, -0.1) is 0 Å². The lowest BCUT2D eigenvalue weighted by Gasteiger charge is -2.07. The summed E-state index contributed by atoms with van der Waals surface area (Å²) in [5, 5.41) is 0. The van der Waals surface area contributed by atoms with E-state index in [2.05, 4.69) is 0 Å². The predicted molar refractivity (Wildman–Crippen MR) is 200 cm³/mol. The average molecular weight is 675 g/mol. The molecule has 0 heterocycles. The third-order valence-corrected chi connectivity index (χ3v) is 8.07. The van der Waals surface area contributed by atoms with E-state index in [4.69, 9.17) is 9.47 Å². The van der Waals surface area contributed by atoms with Gasteiger partial charge in [0.05, 0.1) is 0 Å². The van der Waals surface area contributed by atoms with E-state index in [9.17, 15) is 19.2 Å². The maximum atomic E-state index is 12.7. The summed E-state index contributed by atoms with van der Waals surface area (Å²) in [6.45, 7) is 7.35. The van der Waals surface area contributed by atoms with Gasteiger partial charge >= 0.3 is 0 Å². The summed E-state index contributed by atoms with van der Waals surface area (Å²) in [6, 6.07) is 43.2. The lowest BCUT2D eigenvalue weighted by atomic mass is 9.99. The zero-order chi connectivity index (χ0) is 36.3. The van der Waals surface area contributed by atoms with Crippen molar-refractivity contribution in [2.45, 2.75) is 34.1 Å². The fraction of sp³-hybridized carbons (Fsp3) is 0.111. The topological polar surface area (TPSA) is 86.7 Å². The first kappa shape index (κ1) is 35.9. The molecule has 6 nitrogen and oxygen atoms in total. The fourth-order valence-electron chi connectivity index (χ4n) is 5.06. The predicted octanol–water partition coefficient (Wildman–Crippen LogP) is 10.8. The van der Waals surface area contributed by atoms with E-state index in [0.717, 1.165) is 11.5 Å². The van der Waals surface area contributed by atoms with Gasteiger partial charge < -0.3 is 9.47 Å². The standard InChI is InChI=1S/C23H20O3.C22H18O3/c1-3-22(24)18-5-4-6-19(15-18)23(25)17-9-13-21(14-10-17)26-20-11-7-16(2)8-12-20;1-15-3-11-20(12-4-15)25-21-13-9-19(10-14-21)22(24)18-7-5-17(6-8-18)16(2)23/h4-15H,3H2,1-2H3;3-14H,1-2H3. The van der Waals surface area contributed by atoms with Crippen molar-refractivity contribution in [3.63, 3.8) is 0 Å². The molecule has 6 rings (SSSR count). The summed E-state index contributed by atoms with van der Waals surface area (Å²) in [4.78, 5) is 48.3. The van der Waals surface area contributed by atoms with Crippen molar-refractivity contribution in [1.29, 1.82) is 0 Å². The minimum Gasteiger partial charge on any atom is -0.457 e. The van der Waals surface area contributed by atoms with Gasteiger partial charge in [0.1, 0.15) is 23.0 Å². The SMILES string of the molecule is CC(=O)c1ccc(C(=O)c2ccc(Oc3ccc(C)cc3)cc2)cc1.CCC(=O)c1cccc(C(=O)c2ccc(Oc3ccc(C)cc3)cc2)c1. The van der Waals surface area contributed by atoms with E-state index < -0.39 is 0 Å². The van der Waals surface area contributed by atoms with Crippen LogP contribution in [0.4, 0.5) is 0 Å². The maximum Gasteiger partial charge on any atom is 0.193 e. The highest BCUT2D eigenvalue weighted by molar-refractivity contribution is 6.10. The molecule has 0 bridgehead atoms. The molecule has 0 aliphatic heterocycles. The molecule has 51 heavy (non-hydrogen) atoms. The van der Waals surface area contributed by atoms with Crippen LogP contribution in [0, 0.1) is 13.8 Å². The number of ether oxygens (including phenoxy) is 2. The molecule has 0 atom stereocenters. The molecule has 0 unspecified atom stereocenters. The Morgan fingerprint density at radius 2 is 0.765 bits per heavy atom. The number of aryl methyl sites for hydroxylation is 2. The first-order valence-corrected chi connectivity index (χ1v) is 16.6. The molecule has 0 N–H and O–H groups in total. The van der Waals surface area contributed by atoms with Crippen molar-refractivity contribution in [2.24, 2.45) is 0 Å². The van der Waals surface area contributed by atoms with Crippen molar-refractivity contribution in [3.05, 3.63) is 190 Å². The van der Waals surface area contributed by atoms with Crippen LogP contribution in [0.2, 0.25) is 0 Å². The first-order chi connectivity index (χ1) is 24.6. The van der Waals surface area contributed by atoms with Crippen LogP contribution in [0.3, 0.4) is 0 Å². The van der Waals surface area contributed by atoms with Gasteiger partial charge in [-0.2, -0.15) is 0 Å². The number of rotatable bonds is 11. The smallest absolute Gasteiger partial charge is 0.193 e. The molecule has 6 aromatic rings. The van der Waals surface area contributed by atoms with Gasteiger partial charge in [0, 0.05) is 39.8 Å². The summed E-state index contributed by atoms with van der Waals surface area (Å²) in [6.07, 6.45) is 0.419. The van der Waals surface area contributed by atoms with Crippen LogP contribution in [-0.2, 0) is 0 Å². The minimum atomic E-state index is -0.113. The molecule has 0 fully saturated rings. The van der Waals surface area contributed by atoms with E-state index >= 15 is 0 Å². The largest absolute Gasteiger partial charge is 0.457 e. The van der Waals surface area contributed by atoms with E-state index in [1.807, 2.05) is 69.3 Å². The van der Waals surface area contributed by atoms with Crippen molar-refractivity contribution < 1.29 is 28.7 Å². The molecule has 6 aromatic carbocycles. The Morgan fingerprint density at radius 1 is 0.431 bits per heavy atom. The van der Waals surface area contributed by atoms with E-state index in [-0.39, 0.29) is 23.1 Å². The molecular weight excluding hydrogens is 636 g/mol. The summed E-state index contributed by atoms with van der Waals surface area (Å²) in [5.41, 5.74) is 5.70. The molecule has 254 valence electrons. The van der Waals surface area contributed by atoms with E-state index in [1.54, 1.807) is 97.1 Å². The lowest BCUT2D eigenvalue weighted by molar-refractivity contribution is 0.0985. The Morgan fingerprint density at radius 3 is 1.16 bits per heavy atom. The zero-order valence-corrected chi connectivity index (χ0v) is 29.0. The van der Waals surface area contributed by atoms with Gasteiger partial charge in [-0.1, -0.05) is 84.8 Å². The maximum absolute atomic E-state index is 12.7. The molecule has 0 aliphatic rings. The van der Waals surface area contributed by atoms with E-state index in [0.29, 0.717) is 51.3 Å². The molecule has 0 aliphatic carbocycles.